The summed E-state index contributed by atoms with van der Waals surface area (Å²) in [5.41, 5.74) is 14.1. The van der Waals surface area contributed by atoms with Gasteiger partial charge in [0.05, 0.1) is 5.69 Å². The fourth-order valence-electron chi connectivity index (χ4n) is 8.15. The van der Waals surface area contributed by atoms with Crippen molar-refractivity contribution in [2.45, 2.75) is 32.1 Å². The van der Waals surface area contributed by atoms with Gasteiger partial charge in [-0.15, -0.1) is 0 Å². The zero-order valence-corrected chi connectivity index (χ0v) is 27.4. The molecule has 6 aromatic carbocycles. The Bertz CT molecular complexity index is 2400. The Morgan fingerprint density at radius 2 is 1.38 bits per heavy atom. The second kappa shape index (κ2) is 11.2. The molecule has 0 bridgehead atoms. The van der Waals surface area contributed by atoms with Crippen LogP contribution in [0.15, 0.2) is 169 Å². The molecule has 48 heavy (non-hydrogen) atoms. The lowest BCUT2D eigenvalue weighted by atomic mass is 9.82. The molecule has 6 aromatic rings. The highest BCUT2D eigenvalue weighted by molar-refractivity contribution is 6.03. The third kappa shape index (κ3) is 4.53. The van der Waals surface area contributed by atoms with Gasteiger partial charge in [0, 0.05) is 22.2 Å². The summed E-state index contributed by atoms with van der Waals surface area (Å²) in [6.45, 7) is 4.75. The monoisotopic (exact) mass is 615 g/mol. The van der Waals surface area contributed by atoms with Crippen LogP contribution in [0.4, 0.5) is 11.4 Å². The molecule has 0 aliphatic heterocycles. The summed E-state index contributed by atoms with van der Waals surface area (Å²) in [5.74, 6) is 0. The lowest BCUT2D eigenvalue weighted by molar-refractivity contribution is 0.660. The maximum absolute atomic E-state index is 2.50. The number of allylic oxidation sites excluding steroid dienone is 8. The van der Waals surface area contributed by atoms with Gasteiger partial charge in [0.15, 0.2) is 0 Å². The van der Waals surface area contributed by atoms with Crippen molar-refractivity contribution in [2.75, 3.05) is 4.90 Å². The van der Waals surface area contributed by atoms with Crippen molar-refractivity contribution in [1.82, 2.24) is 0 Å². The molecule has 0 heterocycles. The van der Waals surface area contributed by atoms with E-state index in [4.69, 9.17) is 0 Å². The number of anilines is 2. The molecule has 9 rings (SSSR count). The summed E-state index contributed by atoms with van der Waals surface area (Å²) in [6.07, 6.45) is 18.0. The van der Waals surface area contributed by atoms with Gasteiger partial charge in [0.25, 0.3) is 0 Å². The summed E-state index contributed by atoms with van der Waals surface area (Å²) in [6, 6.07) is 44.8. The summed E-state index contributed by atoms with van der Waals surface area (Å²) in [7, 11) is 0. The van der Waals surface area contributed by atoms with E-state index in [0.29, 0.717) is 0 Å². The predicted molar refractivity (Wildman–Crippen MR) is 206 cm³/mol. The second-order valence-electron chi connectivity index (χ2n) is 13.6. The van der Waals surface area contributed by atoms with Crippen molar-refractivity contribution in [3.05, 3.63) is 191 Å². The highest BCUT2D eigenvalue weighted by atomic mass is 15.1. The molecule has 0 spiro atoms. The van der Waals surface area contributed by atoms with E-state index in [1.807, 2.05) is 0 Å². The first-order chi connectivity index (χ1) is 23.6. The summed E-state index contributed by atoms with van der Waals surface area (Å²) in [5, 5.41) is 5.12. The molecule has 230 valence electrons. The highest BCUT2D eigenvalue weighted by Crippen LogP contribution is 2.52. The van der Waals surface area contributed by atoms with Crippen LogP contribution in [-0.4, -0.2) is 0 Å². The quantitative estimate of drug-likeness (QED) is 0.191. The molecule has 0 N–H and O–H groups in total. The van der Waals surface area contributed by atoms with Crippen LogP contribution in [0.3, 0.4) is 0 Å². The van der Waals surface area contributed by atoms with Gasteiger partial charge in [0.2, 0.25) is 0 Å². The highest BCUT2D eigenvalue weighted by Gasteiger charge is 2.38. The summed E-state index contributed by atoms with van der Waals surface area (Å²) >= 11 is 0. The molecule has 0 atom stereocenters. The number of hydrogen-bond donors (Lipinski definition) is 0. The molecular formula is C47H37N. The average molecular weight is 616 g/mol. The molecular weight excluding hydrogens is 579 g/mol. The van der Waals surface area contributed by atoms with E-state index in [1.54, 1.807) is 0 Å². The van der Waals surface area contributed by atoms with Crippen molar-refractivity contribution >= 4 is 44.6 Å². The standard InChI is InChI=1S/C47H37N/c1-47(2)44-25-11-10-21-41(44)42-24-13-17-36(31-45(42)47)48(46-30-34-15-4-3-5-18-39(34)40-20-8-9-22-43(40)46)35-28-26-33(27-29-35)38-23-12-16-32-14-6-7-19-37(32)38/h3-12,14-17,19-31H,13,18H2,1-2H3. The molecule has 1 heteroatoms. The Labute approximate surface area is 283 Å². The van der Waals surface area contributed by atoms with Crippen LogP contribution in [0.1, 0.15) is 42.5 Å². The maximum Gasteiger partial charge on any atom is 0.0546 e. The molecule has 0 saturated carbocycles. The Hall–Kier alpha value is -5.66. The molecule has 1 nitrogen and oxygen atoms in total. The minimum absolute atomic E-state index is 0.0972. The molecule has 0 fully saturated rings. The summed E-state index contributed by atoms with van der Waals surface area (Å²) in [4.78, 5) is 2.50. The van der Waals surface area contributed by atoms with Crippen molar-refractivity contribution in [3.8, 4) is 11.1 Å². The second-order valence-corrected chi connectivity index (χ2v) is 13.6. The number of benzene rings is 6. The maximum atomic E-state index is 2.50. The van der Waals surface area contributed by atoms with Gasteiger partial charge in [-0.3, -0.25) is 0 Å². The smallest absolute Gasteiger partial charge is 0.0546 e. The Balaban J connectivity index is 1.25. The van der Waals surface area contributed by atoms with E-state index in [-0.39, 0.29) is 5.41 Å². The molecule has 0 unspecified atom stereocenters. The van der Waals surface area contributed by atoms with Crippen LogP contribution in [0, 0.1) is 0 Å². The van der Waals surface area contributed by atoms with Crippen molar-refractivity contribution in [3.63, 3.8) is 0 Å². The van der Waals surface area contributed by atoms with E-state index < -0.39 is 0 Å². The Morgan fingerprint density at radius 1 is 0.646 bits per heavy atom. The van der Waals surface area contributed by atoms with Gasteiger partial charge < -0.3 is 4.90 Å². The van der Waals surface area contributed by atoms with Crippen LogP contribution in [0.5, 0.6) is 0 Å². The first-order valence-electron chi connectivity index (χ1n) is 17.1. The summed E-state index contributed by atoms with van der Waals surface area (Å²) < 4.78 is 0. The van der Waals surface area contributed by atoms with E-state index in [1.165, 1.54) is 77.5 Å². The molecule has 0 amide bonds. The van der Waals surface area contributed by atoms with Crippen LogP contribution >= 0.6 is 0 Å². The zero-order chi connectivity index (χ0) is 32.2. The molecule has 3 aliphatic rings. The Kier molecular flexibility index (Phi) is 6.69. The molecule has 0 aromatic heterocycles. The Morgan fingerprint density at radius 3 is 2.25 bits per heavy atom. The molecule has 0 saturated heterocycles. The molecule has 3 aliphatic carbocycles. The average Bonchev–Trinajstić information content (AvgIpc) is 3.39. The largest absolute Gasteiger partial charge is 0.310 e. The van der Waals surface area contributed by atoms with Crippen LogP contribution < -0.4 is 4.90 Å². The fourth-order valence-corrected chi connectivity index (χ4v) is 8.15. The van der Waals surface area contributed by atoms with Gasteiger partial charge in [0.1, 0.15) is 0 Å². The topological polar surface area (TPSA) is 3.24 Å². The van der Waals surface area contributed by atoms with Crippen molar-refractivity contribution < 1.29 is 0 Å². The van der Waals surface area contributed by atoms with Gasteiger partial charge >= 0.3 is 0 Å². The van der Waals surface area contributed by atoms with Gasteiger partial charge in [-0.1, -0.05) is 153 Å². The lowest BCUT2D eigenvalue weighted by Gasteiger charge is -2.30. The SMILES string of the molecule is CC1(C)C2=CC(N(c3ccc(-c4cccc5ccccc45)cc3)c3cc4c(c5ccccc35)CC=CC=C4)=CCC=C2c2ccccc21. The minimum atomic E-state index is -0.0972. The van der Waals surface area contributed by atoms with E-state index >= 15 is 0 Å². The fraction of sp³-hybridized carbons (Fsp3) is 0.106. The zero-order valence-electron chi connectivity index (χ0n) is 27.4. The number of rotatable bonds is 4. The van der Waals surface area contributed by atoms with Crippen LogP contribution in [-0.2, 0) is 11.8 Å². The first-order valence-corrected chi connectivity index (χ1v) is 17.1. The van der Waals surface area contributed by atoms with Crippen molar-refractivity contribution in [1.29, 1.82) is 0 Å². The number of fused-ring (bicyclic) bond motifs is 7. The third-order valence-corrected chi connectivity index (χ3v) is 10.5. The van der Waals surface area contributed by atoms with E-state index in [9.17, 15) is 0 Å². The van der Waals surface area contributed by atoms with Crippen LogP contribution in [0.2, 0.25) is 0 Å². The number of nitrogens with zero attached hydrogens (tertiary/aromatic N) is 1. The number of hydrogen-bond acceptors (Lipinski definition) is 1. The van der Waals surface area contributed by atoms with Gasteiger partial charge in [-0.05, 0) is 97.8 Å². The van der Waals surface area contributed by atoms with E-state index in [0.717, 1.165) is 18.5 Å². The normalized spacial score (nSPS) is 15.9. The minimum Gasteiger partial charge on any atom is -0.310 e. The lowest BCUT2D eigenvalue weighted by Crippen LogP contribution is -2.19. The third-order valence-electron chi connectivity index (χ3n) is 10.5. The molecule has 0 radical (unpaired) electrons. The first kappa shape index (κ1) is 28.6. The van der Waals surface area contributed by atoms with Gasteiger partial charge in [-0.2, -0.15) is 0 Å². The van der Waals surface area contributed by atoms with E-state index in [2.05, 4.69) is 183 Å². The van der Waals surface area contributed by atoms with Crippen molar-refractivity contribution in [2.24, 2.45) is 0 Å². The predicted octanol–water partition coefficient (Wildman–Crippen LogP) is 12.5. The van der Waals surface area contributed by atoms with Crippen LogP contribution in [0.25, 0.3) is 44.3 Å². The van der Waals surface area contributed by atoms with Gasteiger partial charge in [-0.25, -0.2) is 0 Å².